The summed E-state index contributed by atoms with van der Waals surface area (Å²) in [5, 5.41) is 0. The first-order valence-corrected chi connectivity index (χ1v) is 7.40. The number of hydrogen-bond acceptors (Lipinski definition) is 5. The molecule has 1 rings (SSSR count). The summed E-state index contributed by atoms with van der Waals surface area (Å²) in [7, 11) is -0.320. The van der Waals surface area contributed by atoms with Crippen molar-refractivity contribution in [2.24, 2.45) is 0 Å². The summed E-state index contributed by atoms with van der Waals surface area (Å²) in [6.07, 6.45) is 1.69. The van der Waals surface area contributed by atoms with Crippen molar-refractivity contribution in [1.29, 1.82) is 0 Å². The lowest BCUT2D eigenvalue weighted by Crippen LogP contribution is -3.00. The Morgan fingerprint density at radius 3 is 2.10 bits per heavy atom. The number of carbonyl (C=O) groups is 1. The van der Waals surface area contributed by atoms with Crippen LogP contribution >= 0.6 is 0 Å². The van der Waals surface area contributed by atoms with Crippen LogP contribution in [0.4, 0.5) is 10.5 Å². The Morgan fingerprint density at radius 2 is 1.71 bits per heavy atom. The van der Waals surface area contributed by atoms with E-state index < -0.39 is 21.9 Å². The fraction of sp³-hybridized carbons (Fsp3) is 0.500. The van der Waals surface area contributed by atoms with E-state index in [1.807, 2.05) is 23.7 Å². The van der Waals surface area contributed by atoms with Gasteiger partial charge in [-0.3, -0.25) is 0 Å². The molecular weight excluding hydrogens is 318 g/mol. The molecule has 1 N–H and O–H groups in total. The Morgan fingerprint density at radius 1 is 1.24 bits per heavy atom. The lowest BCUT2D eigenvalue weighted by atomic mass is 10.2. The average Bonchev–Trinajstić information content (AvgIpc) is 2.25. The maximum absolute atomic E-state index is 11.9. The number of halogens is 1. The second kappa shape index (κ2) is 6.95. The van der Waals surface area contributed by atoms with Gasteiger partial charge in [0.15, 0.2) is 12.4 Å². The third-order valence-corrected chi connectivity index (χ3v) is 3.41. The van der Waals surface area contributed by atoms with Crippen LogP contribution in [0.25, 0.3) is 0 Å². The molecule has 0 aliphatic rings. The number of anilines is 1. The number of aromatic nitrogens is 1. The van der Waals surface area contributed by atoms with E-state index in [2.05, 4.69) is 0 Å². The Hall–Kier alpha value is -1.54. The van der Waals surface area contributed by atoms with Gasteiger partial charge in [0.25, 0.3) is 0 Å². The maximum atomic E-state index is 11.9. The predicted molar refractivity (Wildman–Crippen MR) is 74.7 cm³/mol. The van der Waals surface area contributed by atoms with Gasteiger partial charge in [-0.25, -0.2) is 4.79 Å². The fourth-order valence-corrected chi connectivity index (χ4v) is 2.12. The van der Waals surface area contributed by atoms with Gasteiger partial charge in [0.2, 0.25) is 0 Å². The molecule has 0 aliphatic carbocycles. The number of amides is 1. The van der Waals surface area contributed by atoms with Crippen LogP contribution in [0.15, 0.2) is 24.5 Å². The van der Waals surface area contributed by atoms with Crippen LogP contribution in [0.3, 0.4) is 0 Å². The largest absolute Gasteiger partial charge is 1.00 e. The minimum atomic E-state index is -4.00. The molecule has 7 nitrogen and oxygen atoms in total. The van der Waals surface area contributed by atoms with Crippen molar-refractivity contribution in [2.45, 2.75) is 26.4 Å². The predicted octanol–water partition coefficient (Wildman–Crippen LogP) is -2.34. The van der Waals surface area contributed by atoms with Crippen molar-refractivity contribution in [1.82, 2.24) is 4.72 Å². The van der Waals surface area contributed by atoms with Crippen LogP contribution in [0.2, 0.25) is 0 Å². The summed E-state index contributed by atoms with van der Waals surface area (Å²) in [4.78, 5) is 13.3. The van der Waals surface area contributed by atoms with E-state index in [1.165, 1.54) is 12.4 Å². The number of carbonyl (C=O) groups excluding carboxylic acids is 1. The molecule has 0 atom stereocenters. The summed E-state index contributed by atoms with van der Waals surface area (Å²) in [5.41, 5.74) is 0.0766. The molecular formula is C12H20ClN3O4S. The normalized spacial score (nSPS) is 11.3. The van der Waals surface area contributed by atoms with Gasteiger partial charge in [-0.1, -0.05) is 3.97 Å². The zero-order chi connectivity index (χ0) is 15.6. The standard InChI is InChI=1S/C12H19N3O4S.ClH/c1-12(2,3)19-11(16)13-20(17,18)15-8-6-10(7-9-15)14(4)5;/h6-9H,1-5H3;1H. The maximum Gasteiger partial charge on any atom is 0.474 e. The molecule has 0 aliphatic heterocycles. The van der Waals surface area contributed by atoms with Gasteiger partial charge in [0.1, 0.15) is 5.60 Å². The molecule has 1 amide bonds. The molecule has 0 saturated heterocycles. The quantitative estimate of drug-likeness (QED) is 0.625. The molecule has 1 aromatic rings. The van der Waals surface area contributed by atoms with Gasteiger partial charge in [0.05, 0.1) is 0 Å². The zero-order valence-corrected chi connectivity index (χ0v) is 14.2. The first-order chi connectivity index (χ1) is 9.01. The van der Waals surface area contributed by atoms with E-state index in [0.29, 0.717) is 0 Å². The van der Waals surface area contributed by atoms with E-state index in [0.717, 1.165) is 9.66 Å². The van der Waals surface area contributed by atoms with Gasteiger partial charge >= 0.3 is 16.3 Å². The molecule has 0 aromatic carbocycles. The van der Waals surface area contributed by atoms with Crippen LogP contribution in [0.1, 0.15) is 20.8 Å². The van der Waals surface area contributed by atoms with E-state index in [4.69, 9.17) is 4.74 Å². The molecule has 0 spiro atoms. The highest BCUT2D eigenvalue weighted by Crippen LogP contribution is 2.08. The number of pyridine rings is 1. The Kier molecular flexibility index (Phi) is 6.44. The first kappa shape index (κ1) is 19.5. The average molecular weight is 338 g/mol. The van der Waals surface area contributed by atoms with Crippen molar-refractivity contribution in [3.8, 4) is 0 Å². The Bertz CT molecular complexity index is 580. The van der Waals surface area contributed by atoms with Gasteiger partial charge in [-0.2, -0.15) is 4.72 Å². The van der Waals surface area contributed by atoms with E-state index >= 15 is 0 Å². The first-order valence-electron chi connectivity index (χ1n) is 5.96. The third kappa shape index (κ3) is 6.17. The van der Waals surface area contributed by atoms with Crippen LogP contribution in [-0.4, -0.2) is 34.2 Å². The fourth-order valence-electron chi connectivity index (χ4n) is 1.32. The molecule has 0 radical (unpaired) electrons. The number of nitrogens with zero attached hydrogens (tertiary/aromatic N) is 2. The van der Waals surface area contributed by atoms with Crippen molar-refractivity contribution in [3.05, 3.63) is 24.5 Å². The molecule has 0 unspecified atom stereocenters. The molecule has 1 heterocycles. The number of nitrogens with one attached hydrogen (secondary N) is 1. The van der Waals surface area contributed by atoms with Crippen LogP contribution in [0.5, 0.6) is 0 Å². The summed E-state index contributed by atoms with van der Waals surface area (Å²) >= 11 is 0. The Balaban J connectivity index is 0.00000400. The molecule has 0 fully saturated rings. The number of ether oxygens (including phenoxy) is 1. The van der Waals surface area contributed by atoms with Crippen molar-refractivity contribution < 1.29 is 34.3 Å². The summed E-state index contributed by atoms with van der Waals surface area (Å²) in [5.74, 6) is 0. The van der Waals surface area contributed by atoms with Crippen molar-refractivity contribution >= 4 is 22.0 Å². The highest BCUT2D eigenvalue weighted by atomic mass is 35.5. The number of rotatable bonds is 3. The summed E-state index contributed by atoms with van der Waals surface area (Å²) in [6.45, 7) is 4.95. The molecule has 9 heteroatoms. The van der Waals surface area contributed by atoms with Gasteiger partial charge in [-0.15, -0.1) is 8.42 Å². The SMILES string of the molecule is CN(C)c1cc[n+](S(=O)(=O)NC(=O)OC(C)(C)C)cc1.[Cl-]. The van der Waals surface area contributed by atoms with Crippen LogP contribution in [-0.2, 0) is 14.9 Å². The van der Waals surface area contributed by atoms with Crippen LogP contribution in [0, 0.1) is 0 Å². The van der Waals surface area contributed by atoms with Crippen molar-refractivity contribution in [3.63, 3.8) is 0 Å². The smallest absolute Gasteiger partial charge is 0.474 e. The van der Waals surface area contributed by atoms with E-state index in [-0.39, 0.29) is 12.4 Å². The molecule has 0 bridgehead atoms. The lowest BCUT2D eigenvalue weighted by Gasteiger charge is -2.18. The van der Waals surface area contributed by atoms with Gasteiger partial charge in [0, 0.05) is 31.9 Å². The minimum Gasteiger partial charge on any atom is -1.00 e. The highest BCUT2D eigenvalue weighted by molar-refractivity contribution is 7.83. The van der Waals surface area contributed by atoms with Gasteiger partial charge in [-0.05, 0) is 20.8 Å². The monoisotopic (exact) mass is 337 g/mol. The molecule has 1 aromatic heterocycles. The summed E-state index contributed by atoms with van der Waals surface area (Å²) < 4.78 is 31.5. The van der Waals surface area contributed by atoms with Crippen LogP contribution < -0.4 is 26.0 Å². The highest BCUT2D eigenvalue weighted by Gasteiger charge is 2.27. The third-order valence-electron chi connectivity index (χ3n) is 2.19. The lowest BCUT2D eigenvalue weighted by molar-refractivity contribution is -0.512. The number of hydrogen-bond donors (Lipinski definition) is 1. The molecule has 21 heavy (non-hydrogen) atoms. The van der Waals surface area contributed by atoms with Gasteiger partial charge < -0.3 is 22.0 Å². The second-order valence-corrected chi connectivity index (χ2v) is 6.97. The summed E-state index contributed by atoms with van der Waals surface area (Å²) in [6, 6.07) is 3.24. The van der Waals surface area contributed by atoms with Crippen molar-refractivity contribution in [2.75, 3.05) is 19.0 Å². The molecule has 0 saturated carbocycles. The van der Waals surface area contributed by atoms with E-state index in [9.17, 15) is 13.2 Å². The van der Waals surface area contributed by atoms with E-state index in [1.54, 1.807) is 32.9 Å². The minimum absolute atomic E-state index is 0. The molecule has 120 valence electrons. The topological polar surface area (TPSA) is 79.6 Å². The Labute approximate surface area is 131 Å². The zero-order valence-electron chi connectivity index (χ0n) is 12.6. The second-order valence-electron chi connectivity index (χ2n) is 5.39.